The number of nitrogens with zero attached hydrogens (tertiary/aromatic N) is 2. The van der Waals surface area contributed by atoms with E-state index in [1.807, 2.05) is 0 Å². The molecule has 0 bridgehead atoms. The van der Waals surface area contributed by atoms with Gasteiger partial charge in [-0.2, -0.15) is 0 Å². The highest BCUT2D eigenvalue weighted by Crippen LogP contribution is 2.24. The van der Waals surface area contributed by atoms with Gasteiger partial charge in [-0.1, -0.05) is 213 Å². The van der Waals surface area contributed by atoms with E-state index >= 15 is 0 Å². The molecule has 1 aliphatic heterocycles. The van der Waals surface area contributed by atoms with E-state index in [1.165, 1.54) is 231 Å². The molecule has 0 aliphatic carbocycles. The Hall–Kier alpha value is -0.660. The molecule has 0 N–H and O–H groups in total. The summed E-state index contributed by atoms with van der Waals surface area (Å²) in [6, 6.07) is 0. The van der Waals surface area contributed by atoms with Gasteiger partial charge in [0.25, 0.3) is 0 Å². The fourth-order valence-electron chi connectivity index (χ4n) is 7.25. The first kappa shape index (κ1) is 41.4. The van der Waals surface area contributed by atoms with E-state index in [4.69, 9.17) is 0 Å². The Morgan fingerprint density at radius 2 is 0.523 bits per heavy atom. The van der Waals surface area contributed by atoms with Crippen LogP contribution in [0, 0.1) is 0 Å². The summed E-state index contributed by atoms with van der Waals surface area (Å²) < 4.78 is 0. The normalized spacial score (nSPS) is 14.8. The SMILES string of the molecule is CCCCCCCCCCCCCCCCCCC1N(CCCCCCCC)C=CN1CCCCCCCCCCCCC. The maximum absolute atomic E-state index is 2.72. The number of rotatable bonds is 36. The minimum Gasteiger partial charge on any atom is -0.356 e. The monoisotopic (exact) mass is 617 g/mol. The van der Waals surface area contributed by atoms with E-state index in [9.17, 15) is 0 Å². The van der Waals surface area contributed by atoms with Crippen molar-refractivity contribution in [2.45, 2.75) is 245 Å². The Bertz CT molecular complexity index is 572. The van der Waals surface area contributed by atoms with E-state index in [2.05, 4.69) is 43.0 Å². The van der Waals surface area contributed by atoms with Crippen LogP contribution in [-0.4, -0.2) is 29.1 Å². The summed E-state index contributed by atoms with van der Waals surface area (Å²) >= 11 is 0. The molecule has 2 heteroatoms. The van der Waals surface area contributed by atoms with Gasteiger partial charge in [0.1, 0.15) is 6.17 Å². The van der Waals surface area contributed by atoms with Crippen molar-refractivity contribution in [3.63, 3.8) is 0 Å². The second kappa shape index (κ2) is 33.7. The third-order valence-corrected chi connectivity index (χ3v) is 10.3. The van der Waals surface area contributed by atoms with Crippen LogP contribution >= 0.6 is 0 Å². The van der Waals surface area contributed by atoms with Gasteiger partial charge in [0, 0.05) is 25.5 Å². The first-order valence-electron chi connectivity index (χ1n) is 21.0. The Kier molecular flexibility index (Phi) is 31.7. The second-order valence-corrected chi connectivity index (χ2v) is 14.6. The molecule has 1 aliphatic rings. The summed E-state index contributed by atoms with van der Waals surface area (Å²) in [4.78, 5) is 5.43. The van der Waals surface area contributed by atoms with Crippen molar-refractivity contribution in [3.05, 3.63) is 12.4 Å². The summed E-state index contributed by atoms with van der Waals surface area (Å²) in [6.45, 7) is 9.48. The number of hydrogen-bond acceptors (Lipinski definition) is 2. The van der Waals surface area contributed by atoms with E-state index in [0.29, 0.717) is 6.17 Å². The lowest BCUT2D eigenvalue weighted by Gasteiger charge is -2.33. The zero-order chi connectivity index (χ0) is 31.6. The predicted molar refractivity (Wildman–Crippen MR) is 200 cm³/mol. The molecule has 0 aromatic rings. The predicted octanol–water partition coefficient (Wildman–Crippen LogP) is 14.7. The molecule has 1 atom stereocenters. The van der Waals surface area contributed by atoms with Crippen LogP contribution in [0.2, 0.25) is 0 Å². The first-order chi connectivity index (χ1) is 21.8. The van der Waals surface area contributed by atoms with Gasteiger partial charge in [-0.25, -0.2) is 0 Å². The Morgan fingerprint density at radius 1 is 0.295 bits per heavy atom. The Morgan fingerprint density at radius 3 is 0.795 bits per heavy atom. The van der Waals surface area contributed by atoms with Crippen molar-refractivity contribution in [1.29, 1.82) is 0 Å². The lowest BCUT2D eigenvalue weighted by molar-refractivity contribution is 0.135. The largest absolute Gasteiger partial charge is 0.356 e. The average Bonchev–Trinajstić information content (AvgIpc) is 3.42. The van der Waals surface area contributed by atoms with E-state index in [0.717, 1.165) is 0 Å². The van der Waals surface area contributed by atoms with Gasteiger partial charge >= 0.3 is 0 Å². The van der Waals surface area contributed by atoms with Crippen LogP contribution in [0.1, 0.15) is 239 Å². The topological polar surface area (TPSA) is 6.48 Å². The molecule has 2 nitrogen and oxygen atoms in total. The zero-order valence-corrected chi connectivity index (χ0v) is 31.1. The van der Waals surface area contributed by atoms with Gasteiger partial charge < -0.3 is 9.80 Å². The van der Waals surface area contributed by atoms with E-state index in [-0.39, 0.29) is 0 Å². The zero-order valence-electron chi connectivity index (χ0n) is 31.1. The van der Waals surface area contributed by atoms with Crippen LogP contribution in [0.4, 0.5) is 0 Å². The Balaban J connectivity index is 2.15. The highest BCUT2D eigenvalue weighted by Gasteiger charge is 2.24. The van der Waals surface area contributed by atoms with Crippen LogP contribution in [-0.2, 0) is 0 Å². The van der Waals surface area contributed by atoms with Crippen molar-refractivity contribution in [2.24, 2.45) is 0 Å². The van der Waals surface area contributed by atoms with Crippen LogP contribution in [0.5, 0.6) is 0 Å². The summed E-state index contributed by atoms with van der Waals surface area (Å²) in [5, 5.41) is 0. The molecule has 0 amide bonds. The number of hydrogen-bond donors (Lipinski definition) is 0. The quantitative estimate of drug-likeness (QED) is 0.0646. The Labute approximate surface area is 280 Å². The summed E-state index contributed by atoms with van der Waals surface area (Å²) in [5.41, 5.74) is 0. The van der Waals surface area contributed by atoms with Crippen molar-refractivity contribution < 1.29 is 0 Å². The van der Waals surface area contributed by atoms with Gasteiger partial charge in [-0.05, 0) is 25.7 Å². The van der Waals surface area contributed by atoms with E-state index in [1.54, 1.807) is 0 Å². The standard InChI is InChI=1S/C42H84N2/c1-4-7-10-13-16-18-20-21-22-23-24-25-27-29-31-34-37-42-43(38-35-32-15-12-9-6-3)40-41-44(42)39-36-33-30-28-26-19-17-14-11-8-5-2/h40-42H,4-39H2,1-3H3. The van der Waals surface area contributed by atoms with Gasteiger partial charge in [0.2, 0.25) is 0 Å². The summed E-state index contributed by atoms with van der Waals surface area (Å²) in [7, 11) is 0. The highest BCUT2D eigenvalue weighted by atomic mass is 15.4. The smallest absolute Gasteiger partial charge is 0.101 e. The minimum absolute atomic E-state index is 0.639. The third-order valence-electron chi connectivity index (χ3n) is 10.3. The van der Waals surface area contributed by atoms with Crippen molar-refractivity contribution in [1.82, 2.24) is 9.80 Å². The van der Waals surface area contributed by atoms with Crippen molar-refractivity contribution in [3.8, 4) is 0 Å². The maximum atomic E-state index is 2.72. The average molecular weight is 617 g/mol. The summed E-state index contributed by atoms with van der Waals surface area (Å²) in [6.07, 6.45) is 54.4. The number of unbranched alkanes of at least 4 members (excludes halogenated alkanes) is 30. The van der Waals surface area contributed by atoms with Gasteiger partial charge in [0.05, 0.1) is 0 Å². The second-order valence-electron chi connectivity index (χ2n) is 14.6. The van der Waals surface area contributed by atoms with Gasteiger partial charge in [-0.15, -0.1) is 0 Å². The molecule has 0 spiro atoms. The lowest BCUT2D eigenvalue weighted by Crippen LogP contribution is -2.39. The molecule has 262 valence electrons. The van der Waals surface area contributed by atoms with Gasteiger partial charge in [-0.3, -0.25) is 0 Å². The third kappa shape index (κ3) is 25.5. The molecule has 0 saturated carbocycles. The highest BCUT2D eigenvalue weighted by molar-refractivity contribution is 4.97. The molecule has 0 aromatic heterocycles. The first-order valence-corrected chi connectivity index (χ1v) is 21.0. The van der Waals surface area contributed by atoms with Crippen LogP contribution in [0.15, 0.2) is 12.4 Å². The van der Waals surface area contributed by atoms with Crippen LogP contribution in [0.3, 0.4) is 0 Å². The molecular weight excluding hydrogens is 532 g/mol. The molecule has 1 unspecified atom stereocenters. The molecule has 0 fully saturated rings. The molecule has 1 rings (SSSR count). The molecule has 0 radical (unpaired) electrons. The van der Waals surface area contributed by atoms with Crippen LogP contribution < -0.4 is 0 Å². The fraction of sp³-hybridized carbons (Fsp3) is 0.952. The summed E-state index contributed by atoms with van der Waals surface area (Å²) in [5.74, 6) is 0. The lowest BCUT2D eigenvalue weighted by atomic mass is 10.0. The molecular formula is C42H84N2. The molecule has 0 saturated heterocycles. The molecule has 0 aromatic carbocycles. The fourth-order valence-corrected chi connectivity index (χ4v) is 7.25. The molecule has 1 heterocycles. The minimum atomic E-state index is 0.639. The van der Waals surface area contributed by atoms with Crippen molar-refractivity contribution in [2.75, 3.05) is 13.1 Å². The van der Waals surface area contributed by atoms with Crippen LogP contribution in [0.25, 0.3) is 0 Å². The maximum Gasteiger partial charge on any atom is 0.101 e. The van der Waals surface area contributed by atoms with E-state index < -0.39 is 0 Å². The molecule has 44 heavy (non-hydrogen) atoms. The van der Waals surface area contributed by atoms with Gasteiger partial charge in [0.15, 0.2) is 0 Å². The van der Waals surface area contributed by atoms with Crippen molar-refractivity contribution >= 4 is 0 Å².